The van der Waals surface area contributed by atoms with Crippen LogP contribution in [0.3, 0.4) is 0 Å². The smallest absolute Gasteiger partial charge is 0.125 e. The van der Waals surface area contributed by atoms with Crippen molar-refractivity contribution in [3.8, 4) is 17.0 Å². The van der Waals surface area contributed by atoms with Gasteiger partial charge in [0.25, 0.3) is 0 Å². The van der Waals surface area contributed by atoms with Crippen molar-refractivity contribution in [3.63, 3.8) is 0 Å². The summed E-state index contributed by atoms with van der Waals surface area (Å²) in [5.41, 5.74) is 4.39. The molecule has 3 nitrogen and oxygen atoms in total. The summed E-state index contributed by atoms with van der Waals surface area (Å²) in [7, 11) is 0. The Hall–Kier alpha value is -3.24. The second kappa shape index (κ2) is 7.30. The molecule has 4 heteroatoms. The second-order valence-electron chi connectivity index (χ2n) is 7.49. The highest BCUT2D eigenvalue weighted by Gasteiger charge is 2.30. The van der Waals surface area contributed by atoms with Gasteiger partial charge in [0.2, 0.25) is 0 Å². The van der Waals surface area contributed by atoms with Gasteiger partial charge in [-0.2, -0.15) is 0 Å². The lowest BCUT2D eigenvalue weighted by Gasteiger charge is -2.30. The number of aromatic nitrogens is 1. The molecule has 0 radical (unpaired) electrons. The molecule has 0 saturated heterocycles. The van der Waals surface area contributed by atoms with Gasteiger partial charge in [-0.25, -0.2) is 9.37 Å². The van der Waals surface area contributed by atoms with E-state index < -0.39 is 6.10 Å². The molecule has 1 aliphatic rings. The van der Waals surface area contributed by atoms with Crippen molar-refractivity contribution >= 4 is 10.9 Å². The Morgan fingerprint density at radius 3 is 2.69 bits per heavy atom. The molecule has 1 aliphatic heterocycles. The second-order valence-corrected chi connectivity index (χ2v) is 7.49. The molecular weight excluding hydrogens is 365 g/mol. The summed E-state index contributed by atoms with van der Waals surface area (Å²) in [5.74, 6) is 0.437. The highest BCUT2D eigenvalue weighted by molar-refractivity contribution is 5.81. The molecular formula is C25H20FNO2. The van der Waals surface area contributed by atoms with Gasteiger partial charge in [-0.05, 0) is 54.4 Å². The van der Waals surface area contributed by atoms with E-state index in [1.807, 2.05) is 48.5 Å². The van der Waals surface area contributed by atoms with Crippen LogP contribution in [0.2, 0.25) is 0 Å². The minimum atomic E-state index is -0.603. The van der Waals surface area contributed by atoms with Crippen LogP contribution in [0.15, 0.2) is 78.9 Å². The van der Waals surface area contributed by atoms with E-state index in [2.05, 4.69) is 17.1 Å². The number of aliphatic hydroxyl groups excluding tert-OH is 1. The maximum Gasteiger partial charge on any atom is 0.125 e. The molecule has 3 aromatic carbocycles. The van der Waals surface area contributed by atoms with E-state index in [0.717, 1.165) is 34.1 Å². The fraction of sp³-hybridized carbons (Fsp3) is 0.160. The number of pyridine rings is 1. The van der Waals surface area contributed by atoms with Crippen molar-refractivity contribution in [2.45, 2.75) is 12.5 Å². The molecule has 0 spiro atoms. The van der Waals surface area contributed by atoms with Crippen molar-refractivity contribution in [1.82, 2.24) is 4.98 Å². The standard InChI is InChI=1S/C25H20FNO2/c26-20-8-10-23-17(13-20)6-9-22(27-23)18-7-11-24-21(14-18)25(28)19(15-29-24)12-16-4-2-1-3-5-16/h1-11,13-14,19,25,28H,12,15H2/t19-,25+/m0/s1. The SMILES string of the molecule is O[C@H]1c2cc(-c3ccc4cc(F)ccc4n3)ccc2OC[C@@H]1Cc1ccccc1. The topological polar surface area (TPSA) is 42.4 Å². The summed E-state index contributed by atoms with van der Waals surface area (Å²) in [6.07, 6.45) is 0.152. The third-order valence-electron chi connectivity index (χ3n) is 5.52. The minimum absolute atomic E-state index is 0.00677. The average Bonchev–Trinajstić information content (AvgIpc) is 2.76. The molecule has 1 aromatic heterocycles. The van der Waals surface area contributed by atoms with Crippen molar-refractivity contribution in [1.29, 1.82) is 0 Å². The molecule has 1 N–H and O–H groups in total. The van der Waals surface area contributed by atoms with Gasteiger partial charge in [-0.15, -0.1) is 0 Å². The van der Waals surface area contributed by atoms with Gasteiger partial charge in [0.15, 0.2) is 0 Å². The lowest BCUT2D eigenvalue weighted by Crippen LogP contribution is -2.27. The zero-order valence-corrected chi connectivity index (χ0v) is 15.8. The summed E-state index contributed by atoms with van der Waals surface area (Å²) >= 11 is 0. The van der Waals surface area contributed by atoms with Gasteiger partial charge in [0.05, 0.1) is 23.9 Å². The van der Waals surface area contributed by atoms with Crippen LogP contribution < -0.4 is 4.74 Å². The maximum absolute atomic E-state index is 13.4. The Morgan fingerprint density at radius 1 is 0.966 bits per heavy atom. The van der Waals surface area contributed by atoms with Crippen molar-refractivity contribution in [2.75, 3.05) is 6.61 Å². The van der Waals surface area contributed by atoms with E-state index >= 15 is 0 Å². The molecule has 0 aliphatic carbocycles. The molecule has 0 amide bonds. The molecule has 0 unspecified atom stereocenters. The Kier molecular flexibility index (Phi) is 4.49. The Labute approximate surface area is 168 Å². The quantitative estimate of drug-likeness (QED) is 0.519. The van der Waals surface area contributed by atoms with Crippen LogP contribution in [0.4, 0.5) is 4.39 Å². The number of rotatable bonds is 3. The predicted octanol–water partition coefficient (Wildman–Crippen LogP) is 5.33. The van der Waals surface area contributed by atoms with Gasteiger partial charge in [-0.3, -0.25) is 0 Å². The number of nitrogens with zero attached hydrogens (tertiary/aromatic N) is 1. The van der Waals surface area contributed by atoms with E-state index in [1.54, 1.807) is 6.07 Å². The van der Waals surface area contributed by atoms with Gasteiger partial charge in [0.1, 0.15) is 11.6 Å². The highest BCUT2D eigenvalue weighted by Crippen LogP contribution is 2.39. The Balaban J connectivity index is 1.47. The molecule has 29 heavy (non-hydrogen) atoms. The molecule has 5 rings (SSSR count). The number of benzene rings is 3. The first-order valence-corrected chi connectivity index (χ1v) is 9.73. The molecule has 0 fully saturated rings. The number of hydrogen-bond acceptors (Lipinski definition) is 3. The van der Waals surface area contributed by atoms with Gasteiger partial charge >= 0.3 is 0 Å². The summed E-state index contributed by atoms with van der Waals surface area (Å²) < 4.78 is 19.3. The normalized spacial score (nSPS) is 18.3. The largest absolute Gasteiger partial charge is 0.493 e. The summed E-state index contributed by atoms with van der Waals surface area (Å²) in [6.45, 7) is 0.488. The van der Waals surface area contributed by atoms with Gasteiger partial charge in [-0.1, -0.05) is 36.4 Å². The van der Waals surface area contributed by atoms with Crippen LogP contribution in [0.5, 0.6) is 5.75 Å². The first-order valence-electron chi connectivity index (χ1n) is 9.73. The lowest BCUT2D eigenvalue weighted by atomic mass is 9.87. The first-order chi connectivity index (χ1) is 14.2. The molecule has 0 saturated carbocycles. The summed E-state index contributed by atoms with van der Waals surface area (Å²) in [4.78, 5) is 4.66. The molecule has 2 heterocycles. The van der Waals surface area contributed by atoms with Crippen LogP contribution in [-0.2, 0) is 6.42 Å². The zero-order chi connectivity index (χ0) is 19.8. The zero-order valence-electron chi connectivity index (χ0n) is 15.8. The fourth-order valence-electron chi connectivity index (χ4n) is 3.96. The maximum atomic E-state index is 13.4. The van der Waals surface area contributed by atoms with Crippen LogP contribution in [0, 0.1) is 11.7 Å². The average molecular weight is 385 g/mol. The van der Waals surface area contributed by atoms with Crippen molar-refractivity contribution in [3.05, 3.63) is 95.8 Å². The van der Waals surface area contributed by atoms with Crippen molar-refractivity contribution in [2.24, 2.45) is 5.92 Å². The van der Waals surface area contributed by atoms with E-state index in [1.165, 1.54) is 17.7 Å². The van der Waals surface area contributed by atoms with E-state index in [-0.39, 0.29) is 11.7 Å². The summed E-state index contributed by atoms with van der Waals surface area (Å²) in [5, 5.41) is 11.8. The predicted molar refractivity (Wildman–Crippen MR) is 111 cm³/mol. The number of fused-ring (bicyclic) bond motifs is 2. The Morgan fingerprint density at radius 2 is 1.83 bits per heavy atom. The van der Waals surface area contributed by atoms with Gasteiger partial charge < -0.3 is 9.84 Å². The molecule has 2 atom stereocenters. The highest BCUT2D eigenvalue weighted by atomic mass is 19.1. The van der Waals surface area contributed by atoms with Crippen LogP contribution in [-0.4, -0.2) is 16.7 Å². The van der Waals surface area contributed by atoms with Crippen molar-refractivity contribution < 1.29 is 14.2 Å². The third-order valence-corrected chi connectivity index (χ3v) is 5.52. The third kappa shape index (κ3) is 3.47. The lowest BCUT2D eigenvalue weighted by molar-refractivity contribution is 0.0508. The monoisotopic (exact) mass is 385 g/mol. The number of ether oxygens (including phenoxy) is 1. The molecule has 4 aromatic rings. The molecule has 0 bridgehead atoms. The van der Waals surface area contributed by atoms with E-state index in [4.69, 9.17) is 4.74 Å². The Bertz CT molecular complexity index is 1180. The molecule has 144 valence electrons. The number of hydrogen-bond donors (Lipinski definition) is 1. The first kappa shape index (κ1) is 17.8. The van der Waals surface area contributed by atoms with E-state index in [9.17, 15) is 9.50 Å². The van der Waals surface area contributed by atoms with E-state index in [0.29, 0.717) is 12.4 Å². The number of halogens is 1. The number of aliphatic hydroxyl groups is 1. The fourth-order valence-corrected chi connectivity index (χ4v) is 3.96. The summed E-state index contributed by atoms with van der Waals surface area (Å²) in [6, 6.07) is 24.3. The van der Waals surface area contributed by atoms with Crippen LogP contribution in [0.25, 0.3) is 22.2 Å². The van der Waals surface area contributed by atoms with Gasteiger partial charge in [0, 0.05) is 22.4 Å². The minimum Gasteiger partial charge on any atom is -0.493 e. The van der Waals surface area contributed by atoms with Crippen LogP contribution >= 0.6 is 0 Å². The van der Waals surface area contributed by atoms with Crippen LogP contribution in [0.1, 0.15) is 17.2 Å².